The maximum Gasteiger partial charge on any atom is 0.312 e. The van der Waals surface area contributed by atoms with Crippen LogP contribution in [0.5, 0.6) is 0 Å². The van der Waals surface area contributed by atoms with Gasteiger partial charge in [-0.05, 0) is 74.3 Å². The van der Waals surface area contributed by atoms with Crippen molar-refractivity contribution in [3.05, 3.63) is 35.4 Å². The highest BCUT2D eigenvalue weighted by molar-refractivity contribution is 5.83. The van der Waals surface area contributed by atoms with Crippen molar-refractivity contribution in [2.45, 2.75) is 52.0 Å². The molecule has 4 saturated carbocycles. The van der Waals surface area contributed by atoms with E-state index in [-0.39, 0.29) is 23.9 Å². The van der Waals surface area contributed by atoms with Crippen molar-refractivity contribution in [2.24, 2.45) is 23.2 Å². The molecule has 0 heterocycles. The topological polar surface area (TPSA) is 46.6 Å². The van der Waals surface area contributed by atoms with E-state index in [4.69, 9.17) is 4.74 Å². The summed E-state index contributed by atoms with van der Waals surface area (Å²) in [4.78, 5) is 26.9. The van der Waals surface area contributed by atoms with Crippen LogP contribution in [0.3, 0.4) is 0 Å². The molecule has 4 fully saturated rings. The van der Waals surface area contributed by atoms with Crippen LogP contribution in [0.4, 0.5) is 0 Å². The first kappa shape index (κ1) is 17.6. The molecule has 0 aromatic heterocycles. The maximum absolute atomic E-state index is 12.8. The number of carbonyl (C=O) groups excluding carboxylic acids is 2. The van der Waals surface area contributed by atoms with E-state index in [0.717, 1.165) is 30.4 Å². The van der Waals surface area contributed by atoms with Gasteiger partial charge in [0, 0.05) is 13.6 Å². The monoisotopic (exact) mass is 355 g/mol. The zero-order chi connectivity index (χ0) is 18.3. The molecule has 4 aliphatic rings. The molecule has 0 radical (unpaired) electrons. The molecule has 4 aliphatic carbocycles. The van der Waals surface area contributed by atoms with Gasteiger partial charge in [-0.1, -0.05) is 24.3 Å². The summed E-state index contributed by atoms with van der Waals surface area (Å²) in [5.41, 5.74) is 2.00. The summed E-state index contributed by atoms with van der Waals surface area (Å²) >= 11 is 0. The molecular weight excluding hydrogens is 326 g/mol. The summed E-state index contributed by atoms with van der Waals surface area (Å²) < 4.78 is 5.55. The van der Waals surface area contributed by atoms with Gasteiger partial charge in [0.15, 0.2) is 6.61 Å². The van der Waals surface area contributed by atoms with E-state index in [2.05, 4.69) is 0 Å². The fraction of sp³-hybridized carbons (Fsp3) is 0.636. The second-order valence-corrected chi connectivity index (χ2v) is 8.95. The summed E-state index contributed by atoms with van der Waals surface area (Å²) in [7, 11) is 1.77. The van der Waals surface area contributed by atoms with Crippen molar-refractivity contribution in [3.63, 3.8) is 0 Å². The molecule has 0 aliphatic heterocycles. The Morgan fingerprint density at radius 3 is 2.23 bits per heavy atom. The van der Waals surface area contributed by atoms with Crippen molar-refractivity contribution < 1.29 is 14.3 Å². The van der Waals surface area contributed by atoms with Crippen LogP contribution in [0.1, 0.15) is 49.7 Å². The van der Waals surface area contributed by atoms with Gasteiger partial charge in [-0.3, -0.25) is 9.59 Å². The van der Waals surface area contributed by atoms with Gasteiger partial charge in [0.2, 0.25) is 0 Å². The van der Waals surface area contributed by atoms with Gasteiger partial charge in [-0.2, -0.15) is 0 Å². The number of carbonyl (C=O) groups is 2. The Bertz CT molecular complexity index is 676. The highest BCUT2D eigenvalue weighted by Crippen LogP contribution is 2.60. The number of rotatable bonds is 5. The first-order chi connectivity index (χ1) is 12.4. The Morgan fingerprint density at radius 1 is 1.08 bits per heavy atom. The number of nitrogens with zero attached hydrogens (tertiary/aromatic N) is 1. The Kier molecular flexibility index (Phi) is 4.54. The Balaban J connectivity index is 1.33. The van der Waals surface area contributed by atoms with Gasteiger partial charge in [0.25, 0.3) is 5.91 Å². The Hall–Kier alpha value is -1.84. The molecular formula is C22H29NO3. The molecule has 1 amide bonds. The number of aryl methyl sites for hydroxylation is 1. The molecule has 4 nitrogen and oxygen atoms in total. The van der Waals surface area contributed by atoms with Crippen LogP contribution >= 0.6 is 0 Å². The predicted molar refractivity (Wildman–Crippen MR) is 99.2 cm³/mol. The Labute approximate surface area is 155 Å². The minimum atomic E-state index is -0.288. The molecule has 5 rings (SSSR count). The van der Waals surface area contributed by atoms with Gasteiger partial charge in [-0.25, -0.2) is 0 Å². The van der Waals surface area contributed by atoms with E-state index in [9.17, 15) is 9.59 Å². The average Bonchev–Trinajstić information content (AvgIpc) is 2.60. The predicted octanol–water partition coefficient (Wildman–Crippen LogP) is 3.71. The zero-order valence-corrected chi connectivity index (χ0v) is 15.9. The second kappa shape index (κ2) is 6.71. The number of likely N-dealkylation sites (N-methyl/N-ethyl adjacent to an activating group) is 1. The first-order valence-electron chi connectivity index (χ1n) is 9.91. The second-order valence-electron chi connectivity index (χ2n) is 8.95. The quantitative estimate of drug-likeness (QED) is 0.757. The first-order valence-corrected chi connectivity index (χ1v) is 9.91. The van der Waals surface area contributed by atoms with Gasteiger partial charge in [0.1, 0.15) is 0 Å². The number of esters is 1. The van der Waals surface area contributed by atoms with Crippen LogP contribution < -0.4 is 0 Å². The lowest BCUT2D eigenvalue weighted by atomic mass is 9.49. The molecule has 26 heavy (non-hydrogen) atoms. The summed E-state index contributed by atoms with van der Waals surface area (Å²) in [6, 6.07) is 8.04. The number of amides is 1. The van der Waals surface area contributed by atoms with Gasteiger partial charge in [-0.15, -0.1) is 0 Å². The molecule has 0 atom stereocenters. The number of ether oxygens (including phenoxy) is 1. The lowest BCUT2D eigenvalue weighted by molar-refractivity contribution is -0.174. The molecule has 1 aromatic rings. The molecule has 0 unspecified atom stereocenters. The van der Waals surface area contributed by atoms with Crippen LogP contribution in [0.15, 0.2) is 24.3 Å². The van der Waals surface area contributed by atoms with E-state index in [1.807, 2.05) is 31.2 Å². The molecule has 4 heteroatoms. The molecule has 4 bridgehead atoms. The fourth-order valence-corrected chi connectivity index (χ4v) is 5.88. The number of hydrogen-bond acceptors (Lipinski definition) is 3. The number of hydrogen-bond donors (Lipinski definition) is 0. The minimum Gasteiger partial charge on any atom is -0.455 e. The van der Waals surface area contributed by atoms with E-state index in [0.29, 0.717) is 24.3 Å². The third-order valence-corrected chi connectivity index (χ3v) is 6.89. The minimum absolute atomic E-state index is 0.116. The van der Waals surface area contributed by atoms with Gasteiger partial charge < -0.3 is 9.64 Å². The average molecular weight is 355 g/mol. The lowest BCUT2D eigenvalue weighted by Crippen LogP contribution is -2.51. The fourth-order valence-electron chi connectivity index (χ4n) is 5.88. The largest absolute Gasteiger partial charge is 0.455 e. The number of benzene rings is 1. The molecule has 0 spiro atoms. The van der Waals surface area contributed by atoms with E-state index in [1.165, 1.54) is 19.3 Å². The summed E-state index contributed by atoms with van der Waals surface area (Å²) in [5.74, 6) is 1.86. The van der Waals surface area contributed by atoms with Crippen LogP contribution in [-0.4, -0.2) is 30.4 Å². The Morgan fingerprint density at radius 2 is 1.65 bits per heavy atom. The van der Waals surface area contributed by atoms with Crippen LogP contribution in [0.2, 0.25) is 0 Å². The normalized spacial score (nSPS) is 31.7. The standard InChI is InChI=1S/C22H29NO3/c1-15-5-3-4-6-19(15)13-23(2)20(24)14-26-21(25)22-10-16-7-17(11-22)9-18(8-16)12-22/h3-6,16-18H,7-14H2,1-2H3. The molecule has 1 aromatic carbocycles. The molecule has 0 saturated heterocycles. The van der Waals surface area contributed by atoms with Crippen molar-refractivity contribution in [3.8, 4) is 0 Å². The SMILES string of the molecule is Cc1ccccc1CN(C)C(=O)COC(=O)C12CC3CC(CC(C3)C1)C2. The molecule has 0 N–H and O–H groups in total. The smallest absolute Gasteiger partial charge is 0.312 e. The zero-order valence-electron chi connectivity index (χ0n) is 15.9. The highest BCUT2D eigenvalue weighted by atomic mass is 16.5. The summed E-state index contributed by atoms with van der Waals surface area (Å²) in [5, 5.41) is 0. The van der Waals surface area contributed by atoms with Crippen LogP contribution in [0, 0.1) is 30.1 Å². The van der Waals surface area contributed by atoms with Crippen molar-refractivity contribution >= 4 is 11.9 Å². The van der Waals surface area contributed by atoms with Crippen LogP contribution in [0.25, 0.3) is 0 Å². The summed E-state index contributed by atoms with van der Waals surface area (Å²) in [6.07, 6.45) is 6.82. The third kappa shape index (κ3) is 3.26. The van der Waals surface area contributed by atoms with E-state index in [1.54, 1.807) is 11.9 Å². The van der Waals surface area contributed by atoms with Gasteiger partial charge >= 0.3 is 5.97 Å². The van der Waals surface area contributed by atoms with Crippen LogP contribution in [-0.2, 0) is 20.9 Å². The summed E-state index contributed by atoms with van der Waals surface area (Å²) in [6.45, 7) is 2.45. The molecule has 140 valence electrons. The van der Waals surface area contributed by atoms with E-state index >= 15 is 0 Å². The van der Waals surface area contributed by atoms with Crippen molar-refractivity contribution in [1.29, 1.82) is 0 Å². The van der Waals surface area contributed by atoms with E-state index < -0.39 is 0 Å². The van der Waals surface area contributed by atoms with Crippen molar-refractivity contribution in [2.75, 3.05) is 13.7 Å². The highest BCUT2D eigenvalue weighted by Gasteiger charge is 2.55. The maximum atomic E-state index is 12.8. The third-order valence-electron chi connectivity index (χ3n) is 6.89. The van der Waals surface area contributed by atoms with Gasteiger partial charge in [0.05, 0.1) is 5.41 Å². The lowest BCUT2D eigenvalue weighted by Gasteiger charge is -2.55. The van der Waals surface area contributed by atoms with Crippen molar-refractivity contribution in [1.82, 2.24) is 4.90 Å².